The summed E-state index contributed by atoms with van der Waals surface area (Å²) < 4.78 is 10.4. The third-order valence-corrected chi connectivity index (χ3v) is 3.52. The van der Waals surface area contributed by atoms with Crippen molar-refractivity contribution in [2.75, 3.05) is 7.11 Å². The Morgan fingerprint density at radius 3 is 2.75 bits per heavy atom. The molecule has 2 rings (SSSR count). The van der Waals surface area contributed by atoms with Crippen LogP contribution in [-0.2, 0) is 14.3 Å². The molecule has 0 fully saturated rings. The summed E-state index contributed by atoms with van der Waals surface area (Å²) in [4.78, 5) is 12.0. The predicted octanol–water partition coefficient (Wildman–Crippen LogP) is 3.58. The highest BCUT2D eigenvalue weighted by Crippen LogP contribution is 2.26. The van der Waals surface area contributed by atoms with Crippen LogP contribution in [0.2, 0.25) is 0 Å². The first-order valence-corrected chi connectivity index (χ1v) is 6.88. The molecule has 0 aliphatic carbocycles. The number of esters is 1. The third-order valence-electron chi connectivity index (χ3n) is 3.52. The van der Waals surface area contributed by atoms with E-state index in [9.17, 15) is 4.79 Å². The largest absolute Gasteiger partial charge is 0.494 e. The van der Waals surface area contributed by atoms with Crippen LogP contribution in [0.5, 0.6) is 0 Å². The van der Waals surface area contributed by atoms with E-state index in [-0.39, 0.29) is 18.0 Å². The first-order chi connectivity index (χ1) is 9.72. The lowest BCUT2D eigenvalue weighted by molar-refractivity contribution is -0.136. The summed E-state index contributed by atoms with van der Waals surface area (Å²) in [5.74, 6) is -0.308. The Hall–Kier alpha value is -2.03. The topological polar surface area (TPSA) is 35.5 Å². The summed E-state index contributed by atoms with van der Waals surface area (Å²) in [7, 11) is 1.41. The van der Waals surface area contributed by atoms with E-state index >= 15 is 0 Å². The van der Waals surface area contributed by atoms with Crippen LogP contribution in [0.25, 0.3) is 0 Å². The fourth-order valence-corrected chi connectivity index (χ4v) is 2.30. The van der Waals surface area contributed by atoms with Crippen LogP contribution in [0, 0.1) is 0 Å². The molecule has 0 saturated carbocycles. The maximum absolute atomic E-state index is 12.0. The van der Waals surface area contributed by atoms with Gasteiger partial charge in [-0.3, -0.25) is 0 Å². The van der Waals surface area contributed by atoms with Crippen LogP contribution in [0.1, 0.15) is 31.2 Å². The summed E-state index contributed by atoms with van der Waals surface area (Å²) >= 11 is 0. The van der Waals surface area contributed by atoms with Crippen molar-refractivity contribution >= 4 is 5.97 Å². The number of allylic oxidation sites excluding steroid dienone is 1. The number of carbonyl (C=O) groups is 1. The van der Waals surface area contributed by atoms with E-state index in [1.54, 1.807) is 6.26 Å². The predicted molar refractivity (Wildman–Crippen MR) is 78.2 cm³/mol. The van der Waals surface area contributed by atoms with Crippen molar-refractivity contribution in [2.24, 2.45) is 0 Å². The van der Waals surface area contributed by atoms with Gasteiger partial charge in [-0.1, -0.05) is 37.3 Å². The molecule has 20 heavy (non-hydrogen) atoms. The molecule has 0 radical (unpaired) electrons. The highest BCUT2D eigenvalue weighted by molar-refractivity contribution is 5.90. The average Bonchev–Trinajstić information content (AvgIpc) is 2.53. The van der Waals surface area contributed by atoms with Gasteiger partial charge < -0.3 is 9.47 Å². The van der Waals surface area contributed by atoms with Crippen molar-refractivity contribution in [3.05, 3.63) is 59.9 Å². The first kappa shape index (κ1) is 14.4. The first-order valence-electron chi connectivity index (χ1n) is 6.88. The summed E-state index contributed by atoms with van der Waals surface area (Å²) in [5, 5.41) is 0. The van der Waals surface area contributed by atoms with Gasteiger partial charge in [0, 0.05) is 11.5 Å². The minimum Gasteiger partial charge on any atom is -0.494 e. The molecule has 0 spiro atoms. The number of rotatable bonds is 4. The smallest absolute Gasteiger partial charge is 0.334 e. The molecule has 0 N–H and O–H groups in total. The molecular weight excluding hydrogens is 252 g/mol. The SMILES string of the molecule is COC(=O)/C(=C/C1CCC=CO1)C(C)c1ccccc1. The van der Waals surface area contributed by atoms with Gasteiger partial charge >= 0.3 is 5.97 Å². The number of benzene rings is 1. The maximum Gasteiger partial charge on any atom is 0.334 e. The minimum absolute atomic E-state index is 0.0156. The van der Waals surface area contributed by atoms with Gasteiger partial charge in [0.2, 0.25) is 0 Å². The zero-order valence-corrected chi connectivity index (χ0v) is 11.9. The Kier molecular flexibility index (Phi) is 4.99. The Balaban J connectivity index is 2.25. The normalized spacial score (nSPS) is 20.1. The molecule has 0 saturated heterocycles. The third kappa shape index (κ3) is 3.50. The molecule has 0 amide bonds. The molecule has 1 aliphatic rings. The zero-order valence-electron chi connectivity index (χ0n) is 11.9. The van der Waals surface area contributed by atoms with Crippen LogP contribution >= 0.6 is 0 Å². The lowest BCUT2D eigenvalue weighted by atomic mass is 9.91. The van der Waals surface area contributed by atoms with Gasteiger partial charge in [0.1, 0.15) is 6.10 Å². The average molecular weight is 272 g/mol. The number of carbonyl (C=O) groups excluding carboxylic acids is 1. The van der Waals surface area contributed by atoms with Gasteiger partial charge in [-0.05, 0) is 30.6 Å². The van der Waals surface area contributed by atoms with E-state index in [1.165, 1.54) is 7.11 Å². The van der Waals surface area contributed by atoms with Crippen molar-refractivity contribution in [2.45, 2.75) is 31.8 Å². The van der Waals surface area contributed by atoms with Gasteiger partial charge in [-0.25, -0.2) is 4.79 Å². The number of methoxy groups -OCH3 is 1. The van der Waals surface area contributed by atoms with Crippen molar-refractivity contribution in [3.63, 3.8) is 0 Å². The summed E-state index contributed by atoms with van der Waals surface area (Å²) in [6.07, 6.45) is 7.39. The summed E-state index contributed by atoms with van der Waals surface area (Å²) in [6, 6.07) is 9.94. The molecule has 1 aliphatic heterocycles. The molecule has 0 aromatic heterocycles. The molecule has 1 aromatic rings. The van der Waals surface area contributed by atoms with Gasteiger partial charge in [0.05, 0.1) is 13.4 Å². The Morgan fingerprint density at radius 2 is 2.15 bits per heavy atom. The molecule has 3 heteroatoms. The second kappa shape index (κ2) is 6.94. The molecule has 0 bridgehead atoms. The highest BCUT2D eigenvalue weighted by Gasteiger charge is 2.21. The quantitative estimate of drug-likeness (QED) is 0.621. The number of hydrogen-bond donors (Lipinski definition) is 0. The van der Waals surface area contributed by atoms with Gasteiger partial charge in [-0.15, -0.1) is 0 Å². The second-order valence-corrected chi connectivity index (χ2v) is 4.87. The monoisotopic (exact) mass is 272 g/mol. The zero-order chi connectivity index (χ0) is 14.4. The maximum atomic E-state index is 12.0. The molecule has 106 valence electrons. The molecule has 1 heterocycles. The lowest BCUT2D eigenvalue weighted by Crippen LogP contribution is -2.17. The number of ether oxygens (including phenoxy) is 2. The van der Waals surface area contributed by atoms with Crippen LogP contribution < -0.4 is 0 Å². The van der Waals surface area contributed by atoms with Crippen molar-refractivity contribution in [1.29, 1.82) is 0 Å². The van der Waals surface area contributed by atoms with E-state index in [2.05, 4.69) is 0 Å². The fourth-order valence-electron chi connectivity index (χ4n) is 2.30. The van der Waals surface area contributed by atoms with Gasteiger partial charge in [-0.2, -0.15) is 0 Å². The second-order valence-electron chi connectivity index (χ2n) is 4.87. The van der Waals surface area contributed by atoms with Crippen LogP contribution in [0.4, 0.5) is 0 Å². The minimum atomic E-state index is -0.292. The van der Waals surface area contributed by atoms with E-state index in [0.717, 1.165) is 18.4 Å². The van der Waals surface area contributed by atoms with Gasteiger partial charge in [0.25, 0.3) is 0 Å². The highest BCUT2D eigenvalue weighted by atomic mass is 16.5. The van der Waals surface area contributed by atoms with Crippen molar-refractivity contribution < 1.29 is 14.3 Å². The molecule has 1 aromatic carbocycles. The molecular formula is C17H20O3. The molecule has 2 unspecified atom stereocenters. The molecule has 3 nitrogen and oxygen atoms in total. The van der Waals surface area contributed by atoms with Crippen LogP contribution in [0.3, 0.4) is 0 Å². The molecule has 2 atom stereocenters. The summed E-state index contributed by atoms with van der Waals surface area (Å²) in [6.45, 7) is 2.01. The Bertz CT molecular complexity index is 502. The van der Waals surface area contributed by atoms with E-state index in [4.69, 9.17) is 9.47 Å². The standard InChI is InChI=1S/C17H20O3/c1-13(14-8-4-3-5-9-14)16(17(18)19-2)12-15-10-6-7-11-20-15/h3-5,7-9,11-13,15H,6,10H2,1-2H3/b16-12+. The van der Waals surface area contributed by atoms with E-state index in [1.807, 2.05) is 49.4 Å². The van der Waals surface area contributed by atoms with Gasteiger partial charge in [0.15, 0.2) is 0 Å². The Labute approximate surface area is 119 Å². The Morgan fingerprint density at radius 1 is 1.40 bits per heavy atom. The van der Waals surface area contributed by atoms with E-state index < -0.39 is 0 Å². The number of hydrogen-bond acceptors (Lipinski definition) is 3. The lowest BCUT2D eigenvalue weighted by Gasteiger charge is -2.20. The fraction of sp³-hybridized carbons (Fsp3) is 0.353. The van der Waals surface area contributed by atoms with Crippen LogP contribution in [0.15, 0.2) is 54.3 Å². The van der Waals surface area contributed by atoms with Crippen molar-refractivity contribution in [1.82, 2.24) is 0 Å². The van der Waals surface area contributed by atoms with Crippen molar-refractivity contribution in [3.8, 4) is 0 Å². The summed E-state index contributed by atoms with van der Waals surface area (Å²) in [5.41, 5.74) is 1.74. The van der Waals surface area contributed by atoms with Crippen LogP contribution in [-0.4, -0.2) is 19.2 Å². The van der Waals surface area contributed by atoms with E-state index in [0.29, 0.717) is 5.57 Å².